The molecule has 1 fully saturated rings. The summed E-state index contributed by atoms with van der Waals surface area (Å²) in [6.07, 6.45) is 4.70. The Labute approximate surface area is 160 Å². The lowest BCUT2D eigenvalue weighted by Crippen LogP contribution is -2.48. The average Bonchev–Trinajstić information content (AvgIpc) is 3.19. The van der Waals surface area contributed by atoms with Crippen LogP contribution in [0.4, 0.5) is 0 Å². The van der Waals surface area contributed by atoms with Gasteiger partial charge in [-0.1, -0.05) is 31.0 Å². The van der Waals surface area contributed by atoms with E-state index in [1.807, 2.05) is 30.3 Å². The van der Waals surface area contributed by atoms with Gasteiger partial charge in [-0.3, -0.25) is 4.79 Å². The zero-order chi connectivity index (χ0) is 18.4. The molecule has 1 amide bonds. The van der Waals surface area contributed by atoms with Gasteiger partial charge >= 0.3 is 0 Å². The zero-order valence-electron chi connectivity index (χ0n) is 15.7. The van der Waals surface area contributed by atoms with Crippen LogP contribution in [0.3, 0.4) is 0 Å². The number of amides is 1. The summed E-state index contributed by atoms with van der Waals surface area (Å²) in [6, 6.07) is 14.0. The first kappa shape index (κ1) is 16.7. The lowest BCUT2D eigenvalue weighted by molar-refractivity contribution is 0.0593. The Morgan fingerprint density at radius 2 is 1.70 bits per heavy atom. The van der Waals surface area contributed by atoms with Gasteiger partial charge < -0.3 is 14.4 Å². The predicted molar refractivity (Wildman–Crippen MR) is 103 cm³/mol. The van der Waals surface area contributed by atoms with E-state index in [4.69, 9.17) is 9.47 Å². The van der Waals surface area contributed by atoms with Crippen LogP contribution in [0.5, 0.6) is 11.5 Å². The maximum absolute atomic E-state index is 13.3. The Hall–Kier alpha value is -2.49. The summed E-state index contributed by atoms with van der Waals surface area (Å²) in [5.74, 6) is 1.80. The van der Waals surface area contributed by atoms with Crippen molar-refractivity contribution in [1.29, 1.82) is 0 Å². The van der Waals surface area contributed by atoms with Gasteiger partial charge in [0.1, 0.15) is 13.2 Å². The minimum atomic E-state index is 0.0229. The van der Waals surface area contributed by atoms with E-state index < -0.39 is 0 Å². The van der Waals surface area contributed by atoms with Crippen molar-refractivity contribution in [3.05, 3.63) is 59.2 Å². The Kier molecular flexibility index (Phi) is 3.88. The average molecular weight is 363 g/mol. The molecule has 2 aromatic rings. The smallest absolute Gasteiger partial charge is 0.254 e. The number of benzene rings is 2. The number of ether oxygens (including phenoxy) is 2. The van der Waals surface area contributed by atoms with E-state index in [1.54, 1.807) is 0 Å². The van der Waals surface area contributed by atoms with E-state index in [-0.39, 0.29) is 17.4 Å². The van der Waals surface area contributed by atoms with Crippen molar-refractivity contribution in [3.8, 4) is 11.5 Å². The largest absolute Gasteiger partial charge is 0.486 e. The van der Waals surface area contributed by atoms with Crippen LogP contribution in [0.15, 0.2) is 42.5 Å². The second-order valence-corrected chi connectivity index (χ2v) is 8.05. The molecule has 3 aliphatic rings. The van der Waals surface area contributed by atoms with Crippen molar-refractivity contribution < 1.29 is 14.3 Å². The molecule has 0 bridgehead atoms. The molecule has 0 saturated heterocycles. The Balaban J connectivity index is 1.61. The van der Waals surface area contributed by atoms with Gasteiger partial charge in [-0.25, -0.2) is 0 Å². The van der Waals surface area contributed by atoms with Gasteiger partial charge in [-0.2, -0.15) is 0 Å². The highest BCUT2D eigenvalue weighted by Gasteiger charge is 2.46. The molecular weight excluding hydrogens is 338 g/mol. The van der Waals surface area contributed by atoms with Gasteiger partial charge in [0.05, 0.1) is 6.04 Å². The number of hydrogen-bond donors (Lipinski definition) is 0. The van der Waals surface area contributed by atoms with Gasteiger partial charge in [0, 0.05) is 17.5 Å². The molecule has 4 heteroatoms. The van der Waals surface area contributed by atoms with Crippen molar-refractivity contribution in [2.24, 2.45) is 0 Å². The summed E-state index contributed by atoms with van der Waals surface area (Å²) >= 11 is 0. The normalized spacial score (nSPS) is 22.6. The molecule has 2 aliphatic heterocycles. The summed E-state index contributed by atoms with van der Waals surface area (Å²) in [4.78, 5) is 15.4. The van der Waals surface area contributed by atoms with Crippen LogP contribution in [-0.2, 0) is 5.41 Å². The van der Waals surface area contributed by atoms with Crippen LogP contribution >= 0.6 is 0 Å². The first-order chi connectivity index (χ1) is 13.2. The number of rotatable bonds is 1. The molecule has 0 radical (unpaired) electrons. The molecule has 0 unspecified atom stereocenters. The molecule has 1 aliphatic carbocycles. The van der Waals surface area contributed by atoms with Gasteiger partial charge in [0.15, 0.2) is 11.5 Å². The Bertz CT molecular complexity index is 871. The highest BCUT2D eigenvalue weighted by Crippen LogP contribution is 2.52. The van der Waals surface area contributed by atoms with Crippen LogP contribution in [0.25, 0.3) is 0 Å². The molecule has 1 saturated carbocycles. The fourth-order valence-electron chi connectivity index (χ4n) is 5.10. The molecule has 1 atom stereocenters. The summed E-state index contributed by atoms with van der Waals surface area (Å²) in [5, 5.41) is 0. The molecule has 1 spiro atoms. The zero-order valence-corrected chi connectivity index (χ0v) is 15.7. The maximum atomic E-state index is 13.3. The first-order valence-corrected chi connectivity index (χ1v) is 9.98. The van der Waals surface area contributed by atoms with Crippen molar-refractivity contribution in [2.45, 2.75) is 44.1 Å². The lowest BCUT2D eigenvalue weighted by Gasteiger charge is -2.46. The van der Waals surface area contributed by atoms with Gasteiger partial charge in [0.25, 0.3) is 5.91 Å². The third kappa shape index (κ3) is 2.61. The standard InChI is InChI=1S/C23H25NO3/c1-16-18-13-20-21(27-12-11-26-20)14-19(18)23(9-5-6-10-23)15-24(16)22(25)17-7-3-2-4-8-17/h2-4,7-8,13-14,16H,5-6,9-12,15H2,1H3/t16-/m1/s1. The van der Waals surface area contributed by atoms with Crippen molar-refractivity contribution in [2.75, 3.05) is 19.8 Å². The third-order valence-corrected chi connectivity index (χ3v) is 6.52. The Morgan fingerprint density at radius 3 is 2.41 bits per heavy atom. The van der Waals surface area contributed by atoms with Gasteiger partial charge in [-0.15, -0.1) is 0 Å². The summed E-state index contributed by atoms with van der Waals surface area (Å²) < 4.78 is 11.7. The molecule has 5 rings (SSSR count). The molecule has 27 heavy (non-hydrogen) atoms. The number of carbonyl (C=O) groups excluding carboxylic acids is 1. The Morgan fingerprint density at radius 1 is 1.04 bits per heavy atom. The molecular formula is C23H25NO3. The highest BCUT2D eigenvalue weighted by atomic mass is 16.6. The molecule has 2 heterocycles. The fraction of sp³-hybridized carbons (Fsp3) is 0.435. The predicted octanol–water partition coefficient (Wildman–Crippen LogP) is 4.49. The molecule has 4 nitrogen and oxygen atoms in total. The van der Waals surface area contributed by atoms with E-state index in [0.29, 0.717) is 13.2 Å². The molecule has 140 valence electrons. The van der Waals surface area contributed by atoms with Crippen molar-refractivity contribution in [3.63, 3.8) is 0 Å². The third-order valence-electron chi connectivity index (χ3n) is 6.52. The van der Waals surface area contributed by atoms with E-state index in [2.05, 4.69) is 24.0 Å². The van der Waals surface area contributed by atoms with E-state index in [9.17, 15) is 4.79 Å². The lowest BCUT2D eigenvalue weighted by atomic mass is 9.71. The fourth-order valence-corrected chi connectivity index (χ4v) is 5.10. The van der Waals surface area contributed by atoms with Crippen LogP contribution in [-0.4, -0.2) is 30.6 Å². The summed E-state index contributed by atoms with van der Waals surface area (Å²) in [6.45, 7) is 4.11. The van der Waals surface area contributed by atoms with E-state index in [1.165, 1.54) is 24.0 Å². The van der Waals surface area contributed by atoms with Crippen LogP contribution in [0.2, 0.25) is 0 Å². The summed E-state index contributed by atoms with van der Waals surface area (Å²) in [5.41, 5.74) is 3.39. The minimum Gasteiger partial charge on any atom is -0.486 e. The van der Waals surface area contributed by atoms with Crippen molar-refractivity contribution in [1.82, 2.24) is 4.90 Å². The number of nitrogens with zero attached hydrogens (tertiary/aromatic N) is 1. The van der Waals surface area contributed by atoms with E-state index >= 15 is 0 Å². The first-order valence-electron chi connectivity index (χ1n) is 9.98. The van der Waals surface area contributed by atoms with Crippen LogP contribution < -0.4 is 9.47 Å². The molecule has 0 N–H and O–H groups in total. The molecule has 2 aromatic carbocycles. The number of fused-ring (bicyclic) bond motifs is 3. The second-order valence-electron chi connectivity index (χ2n) is 8.05. The minimum absolute atomic E-state index is 0.0229. The maximum Gasteiger partial charge on any atom is 0.254 e. The SMILES string of the molecule is C[C@@H]1c2cc3c(cc2C2(CCCC2)CN1C(=O)c1ccccc1)OCCO3. The van der Waals surface area contributed by atoms with Crippen molar-refractivity contribution >= 4 is 5.91 Å². The molecule has 0 aromatic heterocycles. The number of hydrogen-bond acceptors (Lipinski definition) is 3. The second kappa shape index (κ2) is 6.29. The van der Waals surface area contributed by atoms with Gasteiger partial charge in [0.2, 0.25) is 0 Å². The van der Waals surface area contributed by atoms with Gasteiger partial charge in [-0.05, 0) is 55.2 Å². The van der Waals surface area contributed by atoms with Crippen LogP contribution in [0.1, 0.15) is 60.1 Å². The monoisotopic (exact) mass is 363 g/mol. The van der Waals surface area contributed by atoms with Crippen LogP contribution in [0, 0.1) is 0 Å². The number of carbonyl (C=O) groups is 1. The quantitative estimate of drug-likeness (QED) is 0.749. The topological polar surface area (TPSA) is 38.8 Å². The van der Waals surface area contributed by atoms with E-state index in [0.717, 1.165) is 36.4 Å². The highest BCUT2D eigenvalue weighted by molar-refractivity contribution is 5.94. The summed E-state index contributed by atoms with van der Waals surface area (Å²) in [7, 11) is 0.